The van der Waals surface area contributed by atoms with Crippen LogP contribution in [-0.4, -0.2) is 11.0 Å². The minimum atomic E-state index is -0.613. The molecule has 1 heterocycles. The Morgan fingerprint density at radius 1 is 1.32 bits per heavy atom. The maximum Gasteiger partial charge on any atom is 0.248 e. The fourth-order valence-corrected chi connectivity index (χ4v) is 2.31. The van der Waals surface area contributed by atoms with Crippen LogP contribution >= 0.6 is 11.3 Å². The van der Waals surface area contributed by atoms with Crippen LogP contribution in [0.15, 0.2) is 47.9 Å². The molecule has 2 N–H and O–H groups in total. The van der Waals surface area contributed by atoms with Gasteiger partial charge in [-0.2, -0.15) is 0 Å². The standard InChI is InChI=1S/C15H15NO2S/c1-11(17)13-6-2-3-7-14(13)16-15(18)9-8-12-5-4-10-19-12/h2-11,17H,1H3,(H,16,18)/b9-8+. The lowest BCUT2D eigenvalue weighted by Crippen LogP contribution is -2.10. The molecule has 0 fully saturated rings. The van der Waals surface area contributed by atoms with Gasteiger partial charge in [0.1, 0.15) is 0 Å². The number of carbonyl (C=O) groups is 1. The third kappa shape index (κ3) is 3.77. The second kappa shape index (κ2) is 6.31. The summed E-state index contributed by atoms with van der Waals surface area (Å²) in [6.07, 6.45) is 2.65. The third-order valence-electron chi connectivity index (χ3n) is 2.61. The van der Waals surface area contributed by atoms with E-state index in [2.05, 4.69) is 5.32 Å². The second-order valence-corrected chi connectivity index (χ2v) is 5.08. The number of para-hydroxylation sites is 1. The van der Waals surface area contributed by atoms with Gasteiger partial charge in [-0.05, 0) is 30.5 Å². The summed E-state index contributed by atoms with van der Waals surface area (Å²) in [5, 5.41) is 14.4. The van der Waals surface area contributed by atoms with Gasteiger partial charge >= 0.3 is 0 Å². The Morgan fingerprint density at radius 2 is 2.11 bits per heavy atom. The highest BCUT2D eigenvalue weighted by Gasteiger charge is 2.08. The minimum absolute atomic E-state index is 0.207. The van der Waals surface area contributed by atoms with Crippen molar-refractivity contribution in [2.45, 2.75) is 13.0 Å². The Labute approximate surface area is 116 Å². The van der Waals surface area contributed by atoms with Crippen LogP contribution in [0.5, 0.6) is 0 Å². The number of thiophene rings is 1. The van der Waals surface area contributed by atoms with Crippen molar-refractivity contribution in [1.82, 2.24) is 0 Å². The fourth-order valence-electron chi connectivity index (χ4n) is 1.69. The number of hydrogen-bond donors (Lipinski definition) is 2. The number of anilines is 1. The van der Waals surface area contributed by atoms with Crippen LogP contribution in [0.4, 0.5) is 5.69 Å². The Bertz CT molecular complexity index is 574. The zero-order valence-corrected chi connectivity index (χ0v) is 11.4. The molecule has 98 valence electrons. The first-order chi connectivity index (χ1) is 9.16. The summed E-state index contributed by atoms with van der Waals surface area (Å²) in [4.78, 5) is 12.8. The highest BCUT2D eigenvalue weighted by atomic mass is 32.1. The van der Waals surface area contributed by atoms with E-state index >= 15 is 0 Å². The summed E-state index contributed by atoms with van der Waals surface area (Å²) in [7, 11) is 0. The zero-order valence-electron chi connectivity index (χ0n) is 10.5. The highest BCUT2D eigenvalue weighted by molar-refractivity contribution is 7.10. The molecule has 0 bridgehead atoms. The lowest BCUT2D eigenvalue weighted by atomic mass is 10.1. The quantitative estimate of drug-likeness (QED) is 0.838. The van der Waals surface area contributed by atoms with E-state index in [0.29, 0.717) is 11.3 Å². The summed E-state index contributed by atoms with van der Waals surface area (Å²) < 4.78 is 0. The molecule has 2 aromatic rings. The number of rotatable bonds is 4. The molecular weight excluding hydrogens is 258 g/mol. The number of amides is 1. The van der Waals surface area contributed by atoms with Gasteiger partial charge < -0.3 is 10.4 Å². The number of aliphatic hydroxyl groups excluding tert-OH is 1. The number of nitrogens with one attached hydrogen (secondary N) is 1. The van der Waals surface area contributed by atoms with E-state index in [0.717, 1.165) is 4.88 Å². The molecule has 0 aliphatic rings. The molecule has 2 rings (SSSR count). The molecule has 19 heavy (non-hydrogen) atoms. The van der Waals surface area contributed by atoms with Crippen molar-refractivity contribution in [3.05, 3.63) is 58.3 Å². The molecular formula is C15H15NO2S. The Balaban J connectivity index is 2.07. The summed E-state index contributed by atoms with van der Waals surface area (Å²) in [6.45, 7) is 1.67. The van der Waals surface area contributed by atoms with E-state index in [9.17, 15) is 9.90 Å². The molecule has 0 saturated carbocycles. The van der Waals surface area contributed by atoms with Gasteiger partial charge in [-0.15, -0.1) is 11.3 Å². The lowest BCUT2D eigenvalue weighted by Gasteiger charge is -2.11. The van der Waals surface area contributed by atoms with Crippen molar-refractivity contribution in [3.63, 3.8) is 0 Å². The van der Waals surface area contributed by atoms with Gasteiger partial charge in [-0.25, -0.2) is 0 Å². The van der Waals surface area contributed by atoms with Crippen molar-refractivity contribution >= 4 is 29.0 Å². The smallest absolute Gasteiger partial charge is 0.248 e. The van der Waals surface area contributed by atoms with E-state index < -0.39 is 6.10 Å². The van der Waals surface area contributed by atoms with Crippen LogP contribution in [-0.2, 0) is 4.79 Å². The van der Waals surface area contributed by atoms with E-state index in [1.54, 1.807) is 36.5 Å². The van der Waals surface area contributed by atoms with Crippen molar-refractivity contribution in [2.75, 3.05) is 5.32 Å². The fraction of sp³-hybridized carbons (Fsp3) is 0.133. The Kier molecular flexibility index (Phi) is 4.49. The average molecular weight is 273 g/mol. The largest absolute Gasteiger partial charge is 0.389 e. The molecule has 3 nitrogen and oxygen atoms in total. The van der Waals surface area contributed by atoms with E-state index in [1.165, 1.54) is 6.08 Å². The molecule has 4 heteroatoms. The number of aliphatic hydroxyl groups is 1. The first-order valence-electron chi connectivity index (χ1n) is 5.96. The van der Waals surface area contributed by atoms with Crippen molar-refractivity contribution < 1.29 is 9.90 Å². The average Bonchev–Trinajstić information content (AvgIpc) is 2.90. The number of carbonyl (C=O) groups excluding carboxylic acids is 1. The van der Waals surface area contributed by atoms with Crippen molar-refractivity contribution in [2.24, 2.45) is 0 Å². The van der Waals surface area contributed by atoms with E-state index in [1.807, 2.05) is 29.6 Å². The van der Waals surface area contributed by atoms with Crippen LogP contribution in [0.3, 0.4) is 0 Å². The van der Waals surface area contributed by atoms with Crippen LogP contribution in [0.2, 0.25) is 0 Å². The molecule has 1 aromatic heterocycles. The third-order valence-corrected chi connectivity index (χ3v) is 3.45. The van der Waals surface area contributed by atoms with Gasteiger partial charge in [-0.3, -0.25) is 4.79 Å². The zero-order chi connectivity index (χ0) is 13.7. The SMILES string of the molecule is CC(O)c1ccccc1NC(=O)/C=C/c1cccs1. The molecule has 0 aliphatic carbocycles. The topological polar surface area (TPSA) is 49.3 Å². The molecule has 1 unspecified atom stereocenters. The molecule has 1 aromatic carbocycles. The minimum Gasteiger partial charge on any atom is -0.389 e. The van der Waals surface area contributed by atoms with Crippen LogP contribution in [0.1, 0.15) is 23.5 Å². The van der Waals surface area contributed by atoms with E-state index in [4.69, 9.17) is 0 Å². The molecule has 1 atom stereocenters. The van der Waals surface area contributed by atoms with Crippen LogP contribution in [0, 0.1) is 0 Å². The summed E-state index contributed by atoms with van der Waals surface area (Å²) in [6, 6.07) is 11.1. The van der Waals surface area contributed by atoms with Gasteiger partial charge in [-0.1, -0.05) is 24.3 Å². The summed E-state index contributed by atoms with van der Waals surface area (Å²) in [5.74, 6) is -0.207. The van der Waals surface area contributed by atoms with Gasteiger partial charge in [0.15, 0.2) is 0 Å². The molecule has 0 radical (unpaired) electrons. The van der Waals surface area contributed by atoms with Crippen LogP contribution in [0.25, 0.3) is 6.08 Å². The number of benzene rings is 1. The highest BCUT2D eigenvalue weighted by Crippen LogP contribution is 2.22. The molecule has 0 saturated heterocycles. The Morgan fingerprint density at radius 3 is 2.79 bits per heavy atom. The lowest BCUT2D eigenvalue weighted by molar-refractivity contribution is -0.111. The van der Waals surface area contributed by atoms with Gasteiger partial charge in [0.2, 0.25) is 5.91 Å². The Hall–Kier alpha value is -1.91. The van der Waals surface area contributed by atoms with E-state index in [-0.39, 0.29) is 5.91 Å². The first-order valence-corrected chi connectivity index (χ1v) is 6.84. The second-order valence-electron chi connectivity index (χ2n) is 4.10. The predicted octanol–water partition coefficient (Wildman–Crippen LogP) is 3.45. The van der Waals surface area contributed by atoms with Crippen molar-refractivity contribution in [1.29, 1.82) is 0 Å². The first kappa shape index (κ1) is 13.5. The summed E-state index contributed by atoms with van der Waals surface area (Å²) >= 11 is 1.57. The van der Waals surface area contributed by atoms with Crippen molar-refractivity contribution in [3.8, 4) is 0 Å². The molecule has 1 amide bonds. The van der Waals surface area contributed by atoms with Gasteiger partial charge in [0, 0.05) is 22.2 Å². The monoisotopic (exact) mass is 273 g/mol. The van der Waals surface area contributed by atoms with Gasteiger partial charge in [0.05, 0.1) is 6.10 Å². The number of hydrogen-bond acceptors (Lipinski definition) is 3. The van der Waals surface area contributed by atoms with Crippen LogP contribution < -0.4 is 5.32 Å². The normalized spacial score (nSPS) is 12.5. The predicted molar refractivity (Wildman–Crippen MR) is 79.1 cm³/mol. The maximum absolute atomic E-state index is 11.8. The summed E-state index contributed by atoms with van der Waals surface area (Å²) in [5.41, 5.74) is 1.35. The molecule has 0 spiro atoms. The maximum atomic E-state index is 11.8. The van der Waals surface area contributed by atoms with Gasteiger partial charge in [0.25, 0.3) is 0 Å². The molecule has 0 aliphatic heterocycles.